The second-order valence-corrected chi connectivity index (χ2v) is 9.06. The first-order valence-electron chi connectivity index (χ1n) is 10.9. The minimum atomic E-state index is -0.0873. The molecule has 4 rings (SSSR count). The second-order valence-electron chi connectivity index (χ2n) is 7.64. The number of benzene rings is 3. The predicted octanol–water partition coefficient (Wildman–Crippen LogP) is 6.72. The van der Waals surface area contributed by atoms with Gasteiger partial charge < -0.3 is 9.47 Å². The maximum absolute atomic E-state index is 12.9. The van der Waals surface area contributed by atoms with Crippen molar-refractivity contribution in [3.63, 3.8) is 0 Å². The first-order chi connectivity index (χ1) is 16.5. The van der Waals surface area contributed by atoms with E-state index in [0.29, 0.717) is 33.2 Å². The molecule has 7 heteroatoms. The smallest absolute Gasteiger partial charge is 0.266 e. The van der Waals surface area contributed by atoms with Crippen molar-refractivity contribution < 1.29 is 14.3 Å². The van der Waals surface area contributed by atoms with Gasteiger partial charge in [-0.25, -0.2) is 4.99 Å². The minimum absolute atomic E-state index is 0.0873. The number of carbonyl (C=O) groups excluding carboxylic acids is 1. The van der Waals surface area contributed by atoms with Crippen molar-refractivity contribution in [1.82, 2.24) is 4.90 Å². The molecular formula is C27H25ClN2O3S. The highest BCUT2D eigenvalue weighted by Gasteiger charge is 2.30. The standard InChI is InChI=1S/C27H25ClN2O3S/c1-4-19-9-6-8-12-22(19)29-27-30(2)26(31)25(34-27)16-18-13-14-23(24(15-18)32-3)33-17-20-10-5-7-11-21(20)28/h5-16H,4,17H2,1-3H3/b25-16+,29-27?. The number of likely N-dealkylation sites (N-methyl/N-ethyl adjacent to an activating group) is 1. The minimum Gasteiger partial charge on any atom is -0.493 e. The molecule has 1 saturated heterocycles. The molecule has 1 aliphatic heterocycles. The number of rotatable bonds is 7. The highest BCUT2D eigenvalue weighted by atomic mass is 35.5. The number of aryl methyl sites for hydroxylation is 1. The van der Waals surface area contributed by atoms with Gasteiger partial charge in [-0.2, -0.15) is 0 Å². The number of thioether (sulfide) groups is 1. The Morgan fingerprint density at radius 2 is 1.76 bits per heavy atom. The average molecular weight is 493 g/mol. The molecule has 0 radical (unpaired) electrons. The first kappa shape index (κ1) is 23.9. The van der Waals surface area contributed by atoms with Crippen molar-refractivity contribution in [1.29, 1.82) is 0 Å². The Bertz CT molecular complexity index is 1270. The summed E-state index contributed by atoms with van der Waals surface area (Å²) >= 11 is 7.59. The number of hydrogen-bond acceptors (Lipinski definition) is 5. The fourth-order valence-electron chi connectivity index (χ4n) is 3.49. The van der Waals surface area contributed by atoms with Gasteiger partial charge in [0.25, 0.3) is 5.91 Å². The van der Waals surface area contributed by atoms with Gasteiger partial charge in [-0.1, -0.05) is 61.0 Å². The summed E-state index contributed by atoms with van der Waals surface area (Å²) in [6.45, 7) is 2.42. The summed E-state index contributed by atoms with van der Waals surface area (Å²) in [7, 11) is 3.34. The molecule has 3 aromatic carbocycles. The predicted molar refractivity (Wildman–Crippen MR) is 140 cm³/mol. The summed E-state index contributed by atoms with van der Waals surface area (Å²) in [5.74, 6) is 1.09. The molecule has 5 nitrogen and oxygen atoms in total. The second kappa shape index (κ2) is 10.8. The molecule has 34 heavy (non-hydrogen) atoms. The third-order valence-corrected chi connectivity index (χ3v) is 6.85. The largest absolute Gasteiger partial charge is 0.493 e. The summed E-state index contributed by atoms with van der Waals surface area (Å²) in [6.07, 6.45) is 2.72. The number of aliphatic imine (C=N–C) groups is 1. The maximum Gasteiger partial charge on any atom is 0.266 e. The van der Waals surface area contributed by atoms with E-state index < -0.39 is 0 Å². The fraction of sp³-hybridized carbons (Fsp3) is 0.185. The topological polar surface area (TPSA) is 51.1 Å². The molecule has 1 heterocycles. The summed E-state index contributed by atoms with van der Waals surface area (Å²) in [4.78, 5) is 19.8. The molecule has 0 N–H and O–H groups in total. The lowest BCUT2D eigenvalue weighted by Gasteiger charge is -2.12. The Balaban J connectivity index is 1.54. The van der Waals surface area contributed by atoms with E-state index in [9.17, 15) is 4.79 Å². The highest BCUT2D eigenvalue weighted by molar-refractivity contribution is 8.18. The summed E-state index contributed by atoms with van der Waals surface area (Å²) in [6, 6.07) is 21.1. The number of carbonyl (C=O) groups is 1. The lowest BCUT2D eigenvalue weighted by atomic mass is 10.1. The zero-order valence-corrected chi connectivity index (χ0v) is 20.8. The van der Waals surface area contributed by atoms with E-state index in [1.165, 1.54) is 11.8 Å². The van der Waals surface area contributed by atoms with Crippen molar-refractivity contribution in [3.05, 3.63) is 93.3 Å². The third kappa shape index (κ3) is 5.29. The van der Waals surface area contributed by atoms with E-state index in [1.807, 2.05) is 66.7 Å². The van der Waals surface area contributed by atoms with Crippen molar-refractivity contribution in [3.8, 4) is 11.5 Å². The van der Waals surface area contributed by atoms with Gasteiger partial charge in [-0.05, 0) is 59.7 Å². The molecule has 1 fully saturated rings. The van der Waals surface area contributed by atoms with Crippen LogP contribution in [0.1, 0.15) is 23.6 Å². The number of amidine groups is 1. The van der Waals surface area contributed by atoms with Gasteiger partial charge in [-0.15, -0.1) is 0 Å². The molecule has 0 unspecified atom stereocenters. The van der Waals surface area contributed by atoms with Gasteiger partial charge in [0.05, 0.1) is 17.7 Å². The number of methoxy groups -OCH3 is 1. The number of amides is 1. The van der Waals surface area contributed by atoms with E-state index in [0.717, 1.165) is 28.8 Å². The molecular weight excluding hydrogens is 468 g/mol. The number of hydrogen-bond donors (Lipinski definition) is 0. The molecule has 0 atom stereocenters. The van der Waals surface area contributed by atoms with Gasteiger partial charge in [0.1, 0.15) is 6.61 Å². The molecule has 0 aromatic heterocycles. The van der Waals surface area contributed by atoms with E-state index in [1.54, 1.807) is 19.1 Å². The van der Waals surface area contributed by atoms with Crippen LogP contribution in [0.4, 0.5) is 5.69 Å². The Morgan fingerprint density at radius 3 is 2.50 bits per heavy atom. The van der Waals surface area contributed by atoms with Gasteiger partial charge in [0, 0.05) is 17.6 Å². The summed E-state index contributed by atoms with van der Waals surface area (Å²) < 4.78 is 11.5. The summed E-state index contributed by atoms with van der Waals surface area (Å²) in [5.41, 5.74) is 3.76. The van der Waals surface area contributed by atoms with Crippen LogP contribution in [0.3, 0.4) is 0 Å². The number of halogens is 1. The van der Waals surface area contributed by atoms with Crippen molar-refractivity contribution in [2.24, 2.45) is 4.99 Å². The third-order valence-electron chi connectivity index (χ3n) is 5.42. The normalized spacial score (nSPS) is 15.9. The van der Waals surface area contributed by atoms with Gasteiger partial charge >= 0.3 is 0 Å². The lowest BCUT2D eigenvalue weighted by molar-refractivity contribution is -0.121. The number of nitrogens with zero attached hydrogens (tertiary/aromatic N) is 2. The number of para-hydroxylation sites is 1. The highest BCUT2D eigenvalue weighted by Crippen LogP contribution is 2.36. The van der Waals surface area contributed by atoms with Crippen LogP contribution >= 0.6 is 23.4 Å². The molecule has 174 valence electrons. The van der Waals surface area contributed by atoms with Crippen LogP contribution in [-0.2, 0) is 17.8 Å². The molecule has 0 bridgehead atoms. The average Bonchev–Trinajstić information content (AvgIpc) is 3.12. The SMILES string of the molecule is CCc1ccccc1N=C1S/C(=C/c2ccc(OCc3ccccc3Cl)c(OC)c2)C(=O)N1C. The fourth-order valence-corrected chi connectivity index (χ4v) is 4.66. The Morgan fingerprint density at radius 1 is 1.03 bits per heavy atom. The monoisotopic (exact) mass is 492 g/mol. The van der Waals surface area contributed by atoms with Gasteiger partial charge in [-0.3, -0.25) is 9.69 Å². The van der Waals surface area contributed by atoms with Crippen LogP contribution in [0.15, 0.2) is 76.6 Å². The van der Waals surface area contributed by atoms with E-state index in [-0.39, 0.29) is 5.91 Å². The maximum atomic E-state index is 12.9. The van der Waals surface area contributed by atoms with Crippen molar-refractivity contribution in [2.45, 2.75) is 20.0 Å². The molecule has 1 amide bonds. The van der Waals surface area contributed by atoms with Crippen molar-refractivity contribution >= 4 is 46.2 Å². The van der Waals surface area contributed by atoms with E-state index in [4.69, 9.17) is 26.1 Å². The molecule has 3 aromatic rings. The zero-order chi connectivity index (χ0) is 24.1. The molecule has 0 spiro atoms. The van der Waals surface area contributed by atoms with E-state index in [2.05, 4.69) is 13.0 Å². The van der Waals surface area contributed by atoms with E-state index >= 15 is 0 Å². The van der Waals surface area contributed by atoms with Crippen LogP contribution in [0, 0.1) is 0 Å². The van der Waals surface area contributed by atoms with Gasteiger partial charge in [0.2, 0.25) is 0 Å². The molecule has 0 aliphatic carbocycles. The Kier molecular flexibility index (Phi) is 7.60. The summed E-state index contributed by atoms with van der Waals surface area (Å²) in [5, 5.41) is 1.31. The molecule has 0 saturated carbocycles. The van der Waals surface area contributed by atoms with Crippen molar-refractivity contribution in [2.75, 3.05) is 14.2 Å². The number of ether oxygens (including phenoxy) is 2. The van der Waals surface area contributed by atoms with Crippen LogP contribution in [0.25, 0.3) is 6.08 Å². The van der Waals surface area contributed by atoms with Crippen LogP contribution in [0.5, 0.6) is 11.5 Å². The zero-order valence-electron chi connectivity index (χ0n) is 19.2. The first-order valence-corrected chi connectivity index (χ1v) is 12.1. The van der Waals surface area contributed by atoms with Crippen LogP contribution < -0.4 is 9.47 Å². The Hall–Kier alpha value is -3.22. The van der Waals surface area contributed by atoms with Crippen LogP contribution in [-0.4, -0.2) is 30.1 Å². The quantitative estimate of drug-likeness (QED) is 0.343. The van der Waals surface area contributed by atoms with Crippen LogP contribution in [0.2, 0.25) is 5.02 Å². The Labute approximate surface area is 209 Å². The molecule has 1 aliphatic rings. The lowest BCUT2D eigenvalue weighted by Crippen LogP contribution is -2.23. The van der Waals surface area contributed by atoms with Gasteiger partial charge in [0.15, 0.2) is 16.7 Å².